The normalized spacial score (nSPS) is 12.6. The molecular weight excluding hydrogens is 582 g/mol. The van der Waals surface area contributed by atoms with Crippen molar-refractivity contribution in [3.63, 3.8) is 0 Å². The van der Waals surface area contributed by atoms with Crippen LogP contribution < -0.4 is 10.1 Å². The fourth-order valence-corrected chi connectivity index (χ4v) is 4.98. The van der Waals surface area contributed by atoms with E-state index in [0.29, 0.717) is 34.1 Å². The third kappa shape index (κ3) is 6.31. The van der Waals surface area contributed by atoms with Gasteiger partial charge in [-0.15, -0.1) is 0 Å². The van der Waals surface area contributed by atoms with E-state index in [1.165, 1.54) is 25.3 Å². The minimum atomic E-state index is -1.86. The Kier molecular flexibility index (Phi) is 9.47. The highest BCUT2D eigenvalue weighted by atomic mass is 79.9. The quantitative estimate of drug-likeness (QED) is 0.191. The minimum absolute atomic E-state index is 0.00142. The number of rotatable bonds is 10. The van der Waals surface area contributed by atoms with Crippen molar-refractivity contribution in [2.45, 2.75) is 39.0 Å². The summed E-state index contributed by atoms with van der Waals surface area (Å²) in [5, 5.41) is 3.36. The molecule has 1 N–H and O–H groups in total. The predicted octanol–water partition coefficient (Wildman–Crippen LogP) is 7.27. The van der Waals surface area contributed by atoms with E-state index in [1.807, 2.05) is 42.5 Å². The molecule has 0 aliphatic carbocycles. The number of amides is 1. The number of nitrogens with one attached hydrogen (secondary N) is 1. The molecule has 0 fully saturated rings. The number of aromatic nitrogens is 1. The monoisotopic (exact) mass is 610 g/mol. The number of pyridine rings is 1. The molecule has 0 aliphatic rings. The number of ether oxygens (including phenoxy) is 2. The van der Waals surface area contributed by atoms with Crippen LogP contribution in [-0.4, -0.2) is 36.9 Å². The molecule has 0 aliphatic heterocycles. The van der Waals surface area contributed by atoms with Gasteiger partial charge in [0.2, 0.25) is 6.36 Å². The van der Waals surface area contributed by atoms with Gasteiger partial charge in [0.15, 0.2) is 0 Å². The molecule has 6 nitrogen and oxygen atoms in total. The molecule has 1 aromatic heterocycles. The van der Waals surface area contributed by atoms with E-state index >= 15 is 4.39 Å². The number of halogens is 3. The highest BCUT2D eigenvalue weighted by Gasteiger charge is 2.31. The summed E-state index contributed by atoms with van der Waals surface area (Å²) >= 11 is 3.46. The van der Waals surface area contributed by atoms with Crippen LogP contribution in [0.25, 0.3) is 22.2 Å². The summed E-state index contributed by atoms with van der Waals surface area (Å²) in [5.41, 5.74) is 2.93. The van der Waals surface area contributed by atoms with Gasteiger partial charge in [0.05, 0.1) is 23.9 Å². The summed E-state index contributed by atoms with van der Waals surface area (Å²) < 4.78 is 40.3. The molecule has 0 spiro atoms. The van der Waals surface area contributed by atoms with Gasteiger partial charge in [0, 0.05) is 34.0 Å². The smallest absolute Gasteiger partial charge is 0.318 e. The molecule has 1 amide bonds. The largest absolute Gasteiger partial charge is 0.496 e. The number of nitrogens with zero attached hydrogens (tertiary/aromatic N) is 1. The zero-order chi connectivity index (χ0) is 28.8. The number of fused-ring (bicyclic) bond motifs is 1. The van der Waals surface area contributed by atoms with Gasteiger partial charge < -0.3 is 14.8 Å². The first-order chi connectivity index (χ1) is 19.2. The van der Waals surface area contributed by atoms with Gasteiger partial charge in [0.1, 0.15) is 17.5 Å². The maximum Gasteiger partial charge on any atom is 0.318 e. The van der Waals surface area contributed by atoms with Gasteiger partial charge in [0.25, 0.3) is 5.91 Å². The topological polar surface area (TPSA) is 77.5 Å². The second-order valence-electron chi connectivity index (χ2n) is 9.24. The zero-order valence-electron chi connectivity index (χ0n) is 22.3. The van der Waals surface area contributed by atoms with E-state index in [9.17, 15) is 14.0 Å². The Morgan fingerprint density at radius 2 is 1.82 bits per heavy atom. The number of alkyl halides is 1. The first-order valence-electron chi connectivity index (χ1n) is 12.9. The van der Waals surface area contributed by atoms with Crippen molar-refractivity contribution in [1.29, 1.82) is 0 Å². The summed E-state index contributed by atoms with van der Waals surface area (Å²) in [7, 11) is 1.34. The maximum absolute atomic E-state index is 15.0. The fourth-order valence-electron chi connectivity index (χ4n) is 4.61. The lowest BCUT2D eigenvalue weighted by molar-refractivity contribution is -0.160. The van der Waals surface area contributed by atoms with Crippen LogP contribution in [0.4, 0.5) is 8.78 Å². The first-order valence-corrected chi connectivity index (χ1v) is 13.6. The fraction of sp³-hybridized carbons (Fsp3) is 0.258. The molecule has 2 atom stereocenters. The van der Waals surface area contributed by atoms with Crippen molar-refractivity contribution < 1.29 is 27.8 Å². The summed E-state index contributed by atoms with van der Waals surface area (Å²) in [6.45, 7) is 3.20. The SMILES string of the molecule is CCCC(F)OC(=O)C(CNC(=O)c1c(C)c(-c2ccccc2)nc2ccc(Br)cc12)c1c(F)cccc1OC. The number of carbonyl (C=O) groups excluding carboxylic acids is 2. The molecular formula is C31H29BrF2N2O4. The molecule has 4 rings (SSSR count). The Labute approximate surface area is 239 Å². The molecule has 0 radical (unpaired) electrons. The van der Waals surface area contributed by atoms with Crippen LogP contribution in [0.1, 0.15) is 47.2 Å². The molecule has 4 aromatic rings. The Balaban J connectivity index is 1.75. The lowest BCUT2D eigenvalue weighted by atomic mass is 9.95. The van der Waals surface area contributed by atoms with Crippen LogP contribution in [0.5, 0.6) is 5.75 Å². The number of hydrogen-bond donors (Lipinski definition) is 1. The summed E-state index contributed by atoms with van der Waals surface area (Å²) in [5.74, 6) is -3.51. The highest BCUT2D eigenvalue weighted by molar-refractivity contribution is 9.10. The van der Waals surface area contributed by atoms with E-state index in [-0.39, 0.29) is 24.3 Å². The number of methoxy groups -OCH3 is 1. The van der Waals surface area contributed by atoms with Crippen LogP contribution in [0, 0.1) is 12.7 Å². The van der Waals surface area contributed by atoms with Crippen LogP contribution in [0.2, 0.25) is 0 Å². The van der Waals surface area contributed by atoms with Crippen LogP contribution in [0.3, 0.4) is 0 Å². The van der Waals surface area contributed by atoms with Crippen LogP contribution >= 0.6 is 15.9 Å². The van der Waals surface area contributed by atoms with Crippen molar-refractivity contribution in [1.82, 2.24) is 10.3 Å². The average molecular weight is 611 g/mol. The van der Waals surface area contributed by atoms with Gasteiger partial charge in [-0.2, -0.15) is 0 Å². The summed E-state index contributed by atoms with van der Waals surface area (Å²) in [6, 6.07) is 19.0. The molecule has 40 heavy (non-hydrogen) atoms. The number of hydrogen-bond acceptors (Lipinski definition) is 5. The molecule has 9 heteroatoms. The van der Waals surface area contributed by atoms with Crippen molar-refractivity contribution in [2.24, 2.45) is 0 Å². The summed E-state index contributed by atoms with van der Waals surface area (Å²) in [6.07, 6.45) is -1.41. The second kappa shape index (κ2) is 13.0. The van der Waals surface area contributed by atoms with E-state index in [0.717, 1.165) is 10.0 Å². The molecule has 2 unspecified atom stereocenters. The predicted molar refractivity (Wildman–Crippen MR) is 154 cm³/mol. The molecule has 3 aromatic carbocycles. The lowest BCUT2D eigenvalue weighted by Gasteiger charge is -2.22. The first kappa shape index (κ1) is 29.1. The molecule has 0 bridgehead atoms. The highest BCUT2D eigenvalue weighted by Crippen LogP contribution is 2.33. The number of carbonyl (C=O) groups is 2. The van der Waals surface area contributed by atoms with Crippen molar-refractivity contribution in [3.05, 3.63) is 93.7 Å². The van der Waals surface area contributed by atoms with Crippen LogP contribution in [-0.2, 0) is 9.53 Å². The van der Waals surface area contributed by atoms with E-state index in [1.54, 1.807) is 19.9 Å². The minimum Gasteiger partial charge on any atom is -0.496 e. The van der Waals surface area contributed by atoms with Gasteiger partial charge in [-0.3, -0.25) is 9.59 Å². The third-order valence-electron chi connectivity index (χ3n) is 6.56. The molecule has 208 valence electrons. The van der Waals surface area contributed by atoms with E-state index < -0.39 is 30.0 Å². The van der Waals surface area contributed by atoms with Gasteiger partial charge >= 0.3 is 5.97 Å². The molecule has 1 heterocycles. The number of esters is 1. The van der Waals surface area contributed by atoms with Gasteiger partial charge in [-0.1, -0.05) is 59.3 Å². The number of benzene rings is 3. The lowest BCUT2D eigenvalue weighted by Crippen LogP contribution is -2.34. The Bertz CT molecular complexity index is 1530. The second-order valence-corrected chi connectivity index (χ2v) is 10.2. The van der Waals surface area contributed by atoms with Gasteiger partial charge in [-0.25, -0.2) is 13.8 Å². The Morgan fingerprint density at radius 1 is 1.07 bits per heavy atom. The summed E-state index contributed by atoms with van der Waals surface area (Å²) in [4.78, 5) is 31.7. The molecule has 0 saturated heterocycles. The molecule has 0 saturated carbocycles. The Hall–Kier alpha value is -3.85. The zero-order valence-corrected chi connectivity index (χ0v) is 23.9. The average Bonchev–Trinajstić information content (AvgIpc) is 2.94. The van der Waals surface area contributed by atoms with E-state index in [4.69, 9.17) is 14.5 Å². The van der Waals surface area contributed by atoms with Crippen molar-refractivity contribution in [3.8, 4) is 17.0 Å². The third-order valence-corrected chi connectivity index (χ3v) is 7.05. The van der Waals surface area contributed by atoms with Gasteiger partial charge in [-0.05, 0) is 49.2 Å². The standard InChI is InChI=1S/C31H29BrF2N2O4/c1-4-9-26(34)40-31(38)22(28-23(33)12-8-13-25(28)39-3)17-35-30(37)27-18(2)29(19-10-6-5-7-11-19)36-24-15-14-20(32)16-21(24)27/h5-8,10-16,22,26H,4,9,17H2,1-3H3,(H,35,37). The van der Waals surface area contributed by atoms with Crippen molar-refractivity contribution in [2.75, 3.05) is 13.7 Å². The Morgan fingerprint density at radius 3 is 2.52 bits per heavy atom. The maximum atomic E-state index is 15.0. The van der Waals surface area contributed by atoms with Crippen molar-refractivity contribution >= 4 is 38.7 Å². The van der Waals surface area contributed by atoms with Crippen LogP contribution in [0.15, 0.2) is 71.2 Å². The van der Waals surface area contributed by atoms with E-state index in [2.05, 4.69) is 21.2 Å².